The van der Waals surface area contributed by atoms with Crippen molar-refractivity contribution >= 4 is 34.5 Å². The summed E-state index contributed by atoms with van der Waals surface area (Å²) in [6.45, 7) is 0. The second-order valence-electron chi connectivity index (χ2n) is 4.78. The van der Waals surface area contributed by atoms with Gasteiger partial charge in [0.1, 0.15) is 5.69 Å². The lowest BCUT2D eigenvalue weighted by molar-refractivity contribution is -0.115. The van der Waals surface area contributed by atoms with Gasteiger partial charge in [-0.2, -0.15) is 11.8 Å². The van der Waals surface area contributed by atoms with Gasteiger partial charge in [-0.05, 0) is 12.1 Å². The van der Waals surface area contributed by atoms with E-state index in [9.17, 15) is 4.79 Å². The van der Waals surface area contributed by atoms with Crippen molar-refractivity contribution in [2.75, 3.05) is 5.32 Å². The van der Waals surface area contributed by atoms with Gasteiger partial charge < -0.3 is 9.05 Å². The lowest BCUT2D eigenvalue weighted by Crippen LogP contribution is -2.15. The van der Waals surface area contributed by atoms with Gasteiger partial charge in [-0.25, -0.2) is 0 Å². The number of amides is 1. The Bertz CT molecular complexity index is 824. The van der Waals surface area contributed by atoms with Crippen LogP contribution in [0.3, 0.4) is 0 Å². The first kappa shape index (κ1) is 12.5. The molecular formula is C14H11N3O3S. The molecule has 3 heterocycles. The van der Waals surface area contributed by atoms with Gasteiger partial charge in [-0.1, -0.05) is 22.4 Å². The van der Waals surface area contributed by atoms with Crippen LogP contribution in [0.15, 0.2) is 33.3 Å². The molecule has 3 aromatic rings. The Balaban J connectivity index is 1.53. The number of nitrogens with one attached hydrogen (secondary N) is 1. The Hall–Kier alpha value is -2.28. The molecule has 21 heavy (non-hydrogen) atoms. The Morgan fingerprint density at radius 3 is 3.10 bits per heavy atom. The molecule has 106 valence electrons. The van der Waals surface area contributed by atoms with Crippen LogP contribution in [0.25, 0.3) is 11.0 Å². The third kappa shape index (κ3) is 2.19. The average Bonchev–Trinajstić information content (AvgIpc) is 3.17. The highest BCUT2D eigenvalue weighted by Gasteiger charge is 2.23. The van der Waals surface area contributed by atoms with E-state index in [0.717, 1.165) is 28.1 Å². The number of anilines is 1. The minimum Gasteiger partial charge on any atom is -0.356 e. The van der Waals surface area contributed by atoms with E-state index in [-0.39, 0.29) is 12.3 Å². The smallest absolute Gasteiger partial charge is 0.235 e. The molecule has 1 amide bonds. The first-order chi connectivity index (χ1) is 10.3. The molecular weight excluding hydrogens is 290 g/mol. The van der Waals surface area contributed by atoms with E-state index in [2.05, 4.69) is 15.6 Å². The number of aromatic nitrogens is 2. The third-order valence-electron chi connectivity index (χ3n) is 3.39. The molecule has 0 fully saturated rings. The van der Waals surface area contributed by atoms with Crippen LogP contribution < -0.4 is 5.32 Å². The fourth-order valence-corrected chi connectivity index (χ4v) is 3.37. The SMILES string of the molecule is O=C(Cc1noc2ccccc12)Nc1onc2c1CSC2. The van der Waals surface area contributed by atoms with E-state index < -0.39 is 0 Å². The molecule has 4 rings (SSSR count). The molecule has 1 N–H and O–H groups in total. The third-order valence-corrected chi connectivity index (χ3v) is 4.36. The van der Waals surface area contributed by atoms with Crippen LogP contribution in [0.1, 0.15) is 17.0 Å². The molecule has 0 atom stereocenters. The van der Waals surface area contributed by atoms with Crippen LogP contribution in [-0.2, 0) is 22.7 Å². The molecule has 2 aromatic heterocycles. The zero-order valence-corrected chi connectivity index (χ0v) is 11.8. The number of hydrogen-bond acceptors (Lipinski definition) is 6. The van der Waals surface area contributed by atoms with E-state index in [0.29, 0.717) is 17.2 Å². The Kier molecular flexibility index (Phi) is 2.92. The topological polar surface area (TPSA) is 81.2 Å². The summed E-state index contributed by atoms with van der Waals surface area (Å²) in [6, 6.07) is 7.47. The van der Waals surface area contributed by atoms with E-state index >= 15 is 0 Å². The molecule has 0 spiro atoms. The van der Waals surface area contributed by atoms with Crippen LogP contribution in [0.2, 0.25) is 0 Å². The van der Waals surface area contributed by atoms with Gasteiger partial charge in [0.05, 0.1) is 17.7 Å². The minimum atomic E-state index is -0.190. The van der Waals surface area contributed by atoms with E-state index in [1.54, 1.807) is 11.8 Å². The summed E-state index contributed by atoms with van der Waals surface area (Å²) in [6.07, 6.45) is 0.139. The van der Waals surface area contributed by atoms with E-state index in [1.807, 2.05) is 24.3 Å². The monoisotopic (exact) mass is 301 g/mol. The van der Waals surface area contributed by atoms with Crippen molar-refractivity contribution in [1.82, 2.24) is 10.3 Å². The number of carbonyl (C=O) groups is 1. The van der Waals surface area contributed by atoms with Gasteiger partial charge in [-0.3, -0.25) is 10.1 Å². The lowest BCUT2D eigenvalue weighted by atomic mass is 10.1. The van der Waals surface area contributed by atoms with Crippen LogP contribution in [0.5, 0.6) is 0 Å². The van der Waals surface area contributed by atoms with Crippen molar-refractivity contribution < 1.29 is 13.8 Å². The quantitative estimate of drug-likeness (QED) is 0.801. The Morgan fingerprint density at radius 1 is 1.24 bits per heavy atom. The standard InChI is InChI=1S/C14H11N3O3S/c18-13(15-14-9-6-21-7-11(9)17-20-14)5-10-8-3-1-2-4-12(8)19-16-10/h1-4H,5-7H2,(H,15,18). The maximum Gasteiger partial charge on any atom is 0.235 e. The number of carbonyl (C=O) groups excluding carboxylic acids is 1. The fraction of sp³-hybridized carbons (Fsp3) is 0.214. The second-order valence-corrected chi connectivity index (χ2v) is 5.77. The van der Waals surface area contributed by atoms with Crippen molar-refractivity contribution in [3.05, 3.63) is 41.2 Å². The summed E-state index contributed by atoms with van der Waals surface area (Å²) in [5.41, 5.74) is 3.20. The summed E-state index contributed by atoms with van der Waals surface area (Å²) in [5, 5.41) is 11.5. The number of benzene rings is 1. The van der Waals surface area contributed by atoms with Gasteiger partial charge >= 0.3 is 0 Å². The summed E-state index contributed by atoms with van der Waals surface area (Å²) >= 11 is 1.76. The molecule has 1 aromatic carbocycles. The first-order valence-electron chi connectivity index (χ1n) is 6.49. The molecule has 1 aliphatic rings. The van der Waals surface area contributed by atoms with E-state index in [4.69, 9.17) is 9.05 Å². The maximum atomic E-state index is 12.1. The van der Waals surface area contributed by atoms with Crippen LogP contribution >= 0.6 is 11.8 Å². The minimum absolute atomic E-state index is 0.139. The zero-order valence-electron chi connectivity index (χ0n) is 11.0. The van der Waals surface area contributed by atoms with Crippen LogP contribution in [0.4, 0.5) is 5.88 Å². The van der Waals surface area contributed by atoms with E-state index in [1.165, 1.54) is 0 Å². The van der Waals surface area contributed by atoms with Gasteiger partial charge in [0.2, 0.25) is 11.8 Å². The number of rotatable bonds is 3. The van der Waals surface area contributed by atoms with Gasteiger partial charge in [0.25, 0.3) is 0 Å². The first-order valence-corrected chi connectivity index (χ1v) is 7.65. The van der Waals surface area contributed by atoms with Crippen molar-refractivity contribution in [2.45, 2.75) is 17.9 Å². The van der Waals surface area contributed by atoms with Gasteiger partial charge in [0.15, 0.2) is 5.58 Å². The molecule has 6 nitrogen and oxygen atoms in total. The molecule has 0 saturated carbocycles. The fourth-order valence-electron chi connectivity index (χ4n) is 2.34. The Morgan fingerprint density at radius 2 is 2.14 bits per heavy atom. The van der Waals surface area contributed by atoms with Gasteiger partial charge in [0, 0.05) is 16.9 Å². The maximum absolute atomic E-state index is 12.1. The second kappa shape index (κ2) is 4.92. The molecule has 0 saturated heterocycles. The Labute approximate surface area is 123 Å². The molecule has 0 bridgehead atoms. The zero-order chi connectivity index (χ0) is 14.2. The van der Waals surface area contributed by atoms with Crippen LogP contribution in [-0.4, -0.2) is 16.2 Å². The van der Waals surface area contributed by atoms with Crippen molar-refractivity contribution in [3.8, 4) is 0 Å². The van der Waals surface area contributed by atoms with Crippen molar-refractivity contribution in [3.63, 3.8) is 0 Å². The highest BCUT2D eigenvalue weighted by Crippen LogP contribution is 2.34. The normalized spacial score (nSPS) is 13.5. The molecule has 0 radical (unpaired) electrons. The largest absolute Gasteiger partial charge is 0.356 e. The molecule has 7 heteroatoms. The molecule has 0 unspecified atom stereocenters. The highest BCUT2D eigenvalue weighted by molar-refractivity contribution is 7.98. The predicted molar refractivity (Wildman–Crippen MR) is 77.8 cm³/mol. The average molecular weight is 301 g/mol. The number of fused-ring (bicyclic) bond motifs is 2. The van der Waals surface area contributed by atoms with Crippen LogP contribution in [0, 0.1) is 0 Å². The summed E-state index contributed by atoms with van der Waals surface area (Å²) in [7, 11) is 0. The summed E-state index contributed by atoms with van der Waals surface area (Å²) in [5.74, 6) is 1.92. The number of hydrogen-bond donors (Lipinski definition) is 1. The van der Waals surface area contributed by atoms with Crippen molar-refractivity contribution in [1.29, 1.82) is 0 Å². The van der Waals surface area contributed by atoms with Crippen molar-refractivity contribution in [2.24, 2.45) is 0 Å². The molecule has 1 aliphatic heterocycles. The summed E-state index contributed by atoms with van der Waals surface area (Å²) in [4.78, 5) is 12.1. The number of nitrogens with zero attached hydrogens (tertiary/aromatic N) is 2. The number of thioether (sulfide) groups is 1. The number of para-hydroxylation sites is 1. The van der Waals surface area contributed by atoms with Gasteiger partial charge in [-0.15, -0.1) is 0 Å². The highest BCUT2D eigenvalue weighted by atomic mass is 32.2. The lowest BCUT2D eigenvalue weighted by Gasteiger charge is -2.00. The summed E-state index contributed by atoms with van der Waals surface area (Å²) < 4.78 is 10.4. The molecule has 0 aliphatic carbocycles. The predicted octanol–water partition coefficient (Wildman–Crippen LogP) is 2.74.